The lowest BCUT2D eigenvalue weighted by Gasteiger charge is -2.26. The van der Waals surface area contributed by atoms with Crippen molar-refractivity contribution in [3.63, 3.8) is 0 Å². The zero-order valence-electron chi connectivity index (χ0n) is 18.2. The Morgan fingerprint density at radius 2 is 1.69 bits per heavy atom. The summed E-state index contributed by atoms with van der Waals surface area (Å²) in [4.78, 5) is 4.22. The Bertz CT molecular complexity index is 951. The smallest absolute Gasteiger partial charge is 0.218 e. The van der Waals surface area contributed by atoms with E-state index < -0.39 is 10.0 Å². The molecule has 2 N–H and O–H groups in total. The number of sulfonamides is 1. The molecule has 0 saturated carbocycles. The molecule has 0 aromatic heterocycles. The van der Waals surface area contributed by atoms with Crippen LogP contribution in [0, 0.1) is 0 Å². The molecule has 8 nitrogen and oxygen atoms in total. The topological polar surface area (TPSA) is 92.3 Å². The standard InChI is InChI=1S/C22H30N4O4S.HI/c1-23-22(24-11-14-30-21-9-3-2-4-10-21)25-17-19-7-5-6-8-20(19)18-31(27,28)26-12-15-29-16-13-26;/h2-10H,11-18H2,1H3,(H2,23,24,25);1H. The third-order valence-corrected chi connectivity index (χ3v) is 6.72. The molecule has 1 fully saturated rings. The van der Waals surface area contributed by atoms with E-state index in [0.29, 0.717) is 52.0 Å². The normalized spacial score (nSPS) is 15.0. The van der Waals surface area contributed by atoms with Crippen LogP contribution in [0.1, 0.15) is 11.1 Å². The van der Waals surface area contributed by atoms with Gasteiger partial charge in [0.1, 0.15) is 12.4 Å². The van der Waals surface area contributed by atoms with Gasteiger partial charge in [-0.05, 0) is 23.3 Å². The summed E-state index contributed by atoms with van der Waals surface area (Å²) in [5.41, 5.74) is 1.70. The van der Waals surface area contributed by atoms with Crippen LogP contribution in [-0.4, -0.2) is 65.2 Å². The van der Waals surface area contributed by atoms with Gasteiger partial charge in [0.25, 0.3) is 0 Å². The summed E-state index contributed by atoms with van der Waals surface area (Å²) < 4.78 is 38.0. The molecule has 1 heterocycles. The molecule has 0 bridgehead atoms. The molecule has 0 aliphatic carbocycles. The first-order chi connectivity index (χ1) is 15.1. The van der Waals surface area contributed by atoms with Crippen LogP contribution in [0.15, 0.2) is 59.6 Å². The van der Waals surface area contributed by atoms with E-state index in [4.69, 9.17) is 9.47 Å². The average molecular weight is 574 g/mol. The van der Waals surface area contributed by atoms with Crippen LogP contribution >= 0.6 is 24.0 Å². The van der Waals surface area contributed by atoms with Crippen molar-refractivity contribution < 1.29 is 17.9 Å². The number of morpholine rings is 1. The van der Waals surface area contributed by atoms with Gasteiger partial charge >= 0.3 is 0 Å². The first kappa shape index (κ1) is 26.4. The molecule has 0 amide bonds. The Morgan fingerprint density at radius 1 is 1.03 bits per heavy atom. The van der Waals surface area contributed by atoms with E-state index in [1.54, 1.807) is 7.05 Å². The van der Waals surface area contributed by atoms with Crippen molar-refractivity contribution in [1.29, 1.82) is 0 Å². The zero-order valence-corrected chi connectivity index (χ0v) is 21.3. The van der Waals surface area contributed by atoms with Crippen LogP contribution < -0.4 is 15.4 Å². The van der Waals surface area contributed by atoms with Crippen molar-refractivity contribution in [2.75, 3.05) is 46.5 Å². The van der Waals surface area contributed by atoms with E-state index >= 15 is 0 Å². The van der Waals surface area contributed by atoms with E-state index in [2.05, 4.69) is 15.6 Å². The van der Waals surface area contributed by atoms with Crippen molar-refractivity contribution in [2.45, 2.75) is 12.3 Å². The molecule has 0 atom stereocenters. The molecular weight excluding hydrogens is 543 g/mol. The second-order valence-electron chi connectivity index (χ2n) is 7.05. The van der Waals surface area contributed by atoms with Crippen LogP contribution in [0.25, 0.3) is 0 Å². The van der Waals surface area contributed by atoms with Crippen molar-refractivity contribution in [3.8, 4) is 5.75 Å². The van der Waals surface area contributed by atoms with E-state index in [0.717, 1.165) is 16.9 Å². The molecule has 2 aromatic carbocycles. The predicted octanol–water partition coefficient (Wildman–Crippen LogP) is 2.21. The molecule has 2 aromatic rings. The number of guanidine groups is 1. The van der Waals surface area contributed by atoms with Crippen molar-refractivity contribution in [2.24, 2.45) is 4.99 Å². The van der Waals surface area contributed by atoms with Gasteiger partial charge in [0.2, 0.25) is 10.0 Å². The van der Waals surface area contributed by atoms with Gasteiger partial charge < -0.3 is 20.1 Å². The maximum absolute atomic E-state index is 12.8. The fraction of sp³-hybridized carbons (Fsp3) is 0.409. The molecule has 1 saturated heterocycles. The number of para-hydroxylation sites is 1. The lowest BCUT2D eigenvalue weighted by Crippen LogP contribution is -2.41. The summed E-state index contributed by atoms with van der Waals surface area (Å²) in [6.45, 7) is 3.25. The summed E-state index contributed by atoms with van der Waals surface area (Å²) in [5, 5.41) is 6.45. The van der Waals surface area contributed by atoms with Gasteiger partial charge in [0.05, 0.1) is 25.5 Å². The molecule has 32 heavy (non-hydrogen) atoms. The van der Waals surface area contributed by atoms with Crippen LogP contribution in [0.3, 0.4) is 0 Å². The third kappa shape index (κ3) is 8.23. The van der Waals surface area contributed by atoms with Gasteiger partial charge in [0.15, 0.2) is 5.96 Å². The Morgan fingerprint density at radius 3 is 2.38 bits per heavy atom. The molecular formula is C22H31IN4O4S. The number of halogens is 1. The minimum atomic E-state index is -3.38. The van der Waals surface area contributed by atoms with Crippen LogP contribution in [-0.2, 0) is 27.1 Å². The summed E-state index contributed by atoms with van der Waals surface area (Å²) in [5.74, 6) is 1.42. The number of rotatable bonds is 9. The molecule has 1 aliphatic heterocycles. The maximum Gasteiger partial charge on any atom is 0.218 e. The van der Waals surface area contributed by atoms with Crippen LogP contribution in [0.4, 0.5) is 0 Å². The second-order valence-corrected chi connectivity index (χ2v) is 9.02. The minimum Gasteiger partial charge on any atom is -0.492 e. The summed E-state index contributed by atoms with van der Waals surface area (Å²) in [6.07, 6.45) is 0. The SMILES string of the molecule is CN=C(NCCOc1ccccc1)NCc1ccccc1CS(=O)(=O)N1CCOCC1.I. The Balaban J connectivity index is 0.00000363. The van der Waals surface area contributed by atoms with Gasteiger partial charge in [-0.3, -0.25) is 4.99 Å². The number of aliphatic imine (C=N–C) groups is 1. The maximum atomic E-state index is 12.8. The number of nitrogens with one attached hydrogen (secondary N) is 2. The zero-order chi connectivity index (χ0) is 21.9. The summed E-state index contributed by atoms with van der Waals surface area (Å²) in [7, 11) is -1.69. The highest BCUT2D eigenvalue weighted by molar-refractivity contribution is 14.0. The highest BCUT2D eigenvalue weighted by atomic mass is 127. The number of hydrogen-bond acceptors (Lipinski definition) is 5. The van der Waals surface area contributed by atoms with E-state index in [-0.39, 0.29) is 29.7 Å². The van der Waals surface area contributed by atoms with E-state index in [1.165, 1.54) is 4.31 Å². The molecule has 1 aliphatic rings. The highest BCUT2D eigenvalue weighted by Crippen LogP contribution is 2.16. The second kappa shape index (κ2) is 13.6. The van der Waals surface area contributed by atoms with Gasteiger partial charge in [-0.1, -0.05) is 42.5 Å². The fourth-order valence-electron chi connectivity index (χ4n) is 3.24. The minimum absolute atomic E-state index is 0. The first-order valence-corrected chi connectivity index (χ1v) is 11.9. The quantitative estimate of drug-likeness (QED) is 0.207. The number of ether oxygens (including phenoxy) is 2. The molecule has 176 valence electrons. The van der Waals surface area contributed by atoms with Gasteiger partial charge in [-0.15, -0.1) is 24.0 Å². The van der Waals surface area contributed by atoms with Crippen LogP contribution in [0.2, 0.25) is 0 Å². The first-order valence-electron chi connectivity index (χ1n) is 10.3. The predicted molar refractivity (Wildman–Crippen MR) is 137 cm³/mol. The van der Waals surface area contributed by atoms with Gasteiger partial charge in [-0.25, -0.2) is 8.42 Å². The van der Waals surface area contributed by atoms with Crippen molar-refractivity contribution in [1.82, 2.24) is 14.9 Å². The lowest BCUT2D eigenvalue weighted by atomic mass is 10.1. The number of benzene rings is 2. The Labute approximate surface area is 207 Å². The highest BCUT2D eigenvalue weighted by Gasteiger charge is 2.25. The molecule has 10 heteroatoms. The van der Waals surface area contributed by atoms with Crippen molar-refractivity contribution in [3.05, 3.63) is 65.7 Å². The average Bonchev–Trinajstić information content (AvgIpc) is 2.80. The largest absolute Gasteiger partial charge is 0.492 e. The van der Waals surface area contributed by atoms with Gasteiger partial charge in [0, 0.05) is 26.7 Å². The van der Waals surface area contributed by atoms with E-state index in [9.17, 15) is 8.42 Å². The molecule has 0 unspecified atom stereocenters. The van der Waals surface area contributed by atoms with E-state index in [1.807, 2.05) is 54.6 Å². The summed E-state index contributed by atoms with van der Waals surface area (Å²) >= 11 is 0. The Hall–Kier alpha value is -1.89. The molecule has 0 spiro atoms. The third-order valence-electron chi connectivity index (χ3n) is 4.90. The van der Waals surface area contributed by atoms with Crippen LogP contribution in [0.5, 0.6) is 5.75 Å². The molecule has 3 rings (SSSR count). The summed E-state index contributed by atoms with van der Waals surface area (Å²) in [6, 6.07) is 17.2. The van der Waals surface area contributed by atoms with Crippen molar-refractivity contribution >= 4 is 40.0 Å². The fourth-order valence-corrected chi connectivity index (χ4v) is 4.80. The number of hydrogen-bond donors (Lipinski definition) is 2. The molecule has 0 radical (unpaired) electrons. The number of nitrogens with zero attached hydrogens (tertiary/aromatic N) is 2. The Kier molecular flexibility index (Phi) is 11.2. The van der Waals surface area contributed by atoms with Gasteiger partial charge in [-0.2, -0.15) is 4.31 Å². The lowest BCUT2D eigenvalue weighted by molar-refractivity contribution is 0.0729. The monoisotopic (exact) mass is 574 g/mol.